The van der Waals surface area contributed by atoms with Gasteiger partial charge in [-0.15, -0.1) is 0 Å². The van der Waals surface area contributed by atoms with Gasteiger partial charge in [0.15, 0.2) is 5.65 Å². The van der Waals surface area contributed by atoms with Crippen molar-refractivity contribution in [2.45, 2.75) is 6.92 Å². The topological polar surface area (TPSA) is 44.6 Å². The first-order valence-electron chi connectivity index (χ1n) is 3.89. The van der Waals surface area contributed by atoms with Gasteiger partial charge in [-0.2, -0.15) is 4.73 Å². The van der Waals surface area contributed by atoms with E-state index in [1.165, 1.54) is 0 Å². The molecule has 2 rings (SSSR count). The van der Waals surface area contributed by atoms with Crippen LogP contribution < -0.4 is 10.6 Å². The van der Waals surface area contributed by atoms with Gasteiger partial charge in [0.2, 0.25) is 0 Å². The second-order valence-electron chi connectivity index (χ2n) is 2.54. The quantitative estimate of drug-likeness (QED) is 0.714. The highest BCUT2D eigenvalue weighted by atomic mass is 16.7. The van der Waals surface area contributed by atoms with Crippen LogP contribution in [0, 0.1) is 0 Å². The molecule has 0 atom stereocenters. The lowest BCUT2D eigenvalue weighted by atomic mass is 10.5. The molecule has 64 valence electrons. The molecular formula is C8H11N3O. The van der Waals surface area contributed by atoms with Crippen molar-refractivity contribution in [3.63, 3.8) is 0 Å². The second kappa shape index (κ2) is 2.48. The molecule has 0 aliphatic carbocycles. The van der Waals surface area contributed by atoms with Crippen molar-refractivity contribution in [1.82, 2.24) is 9.13 Å². The van der Waals surface area contributed by atoms with Gasteiger partial charge >= 0.3 is 0 Å². The molecule has 0 radical (unpaired) electrons. The van der Waals surface area contributed by atoms with Crippen molar-refractivity contribution < 1.29 is 4.84 Å². The Hall–Kier alpha value is -1.58. The molecule has 2 aromatic heterocycles. The van der Waals surface area contributed by atoms with E-state index < -0.39 is 0 Å². The summed E-state index contributed by atoms with van der Waals surface area (Å²) in [7, 11) is 0. The Morgan fingerprint density at radius 3 is 3.00 bits per heavy atom. The van der Waals surface area contributed by atoms with Gasteiger partial charge in [-0.25, -0.2) is 0 Å². The van der Waals surface area contributed by atoms with Crippen molar-refractivity contribution in [3.8, 4) is 0 Å². The van der Waals surface area contributed by atoms with E-state index in [4.69, 9.17) is 10.6 Å². The van der Waals surface area contributed by atoms with Crippen LogP contribution in [0.25, 0.3) is 5.65 Å². The fraction of sp³-hybridized carbons (Fsp3) is 0.250. The van der Waals surface area contributed by atoms with Gasteiger partial charge in [-0.05, 0) is 13.0 Å². The van der Waals surface area contributed by atoms with Gasteiger partial charge in [0.25, 0.3) is 0 Å². The predicted octanol–water partition coefficient (Wildman–Crippen LogP) is 0.772. The Morgan fingerprint density at radius 2 is 2.25 bits per heavy atom. The lowest BCUT2D eigenvalue weighted by Crippen LogP contribution is -2.09. The fourth-order valence-corrected chi connectivity index (χ4v) is 1.26. The molecule has 0 aromatic carbocycles. The van der Waals surface area contributed by atoms with E-state index in [0.29, 0.717) is 6.61 Å². The molecule has 0 aliphatic heterocycles. The monoisotopic (exact) mass is 165 g/mol. The molecule has 4 heteroatoms. The van der Waals surface area contributed by atoms with Gasteiger partial charge in [0, 0.05) is 12.4 Å². The maximum Gasteiger partial charge on any atom is 0.176 e. The van der Waals surface area contributed by atoms with E-state index in [1.54, 1.807) is 4.73 Å². The highest BCUT2D eigenvalue weighted by molar-refractivity contribution is 5.65. The van der Waals surface area contributed by atoms with Crippen LogP contribution in [0.5, 0.6) is 0 Å². The molecule has 0 aliphatic rings. The van der Waals surface area contributed by atoms with E-state index in [9.17, 15) is 0 Å². The third-order valence-corrected chi connectivity index (χ3v) is 1.76. The zero-order valence-corrected chi connectivity index (χ0v) is 6.90. The third-order valence-electron chi connectivity index (χ3n) is 1.76. The van der Waals surface area contributed by atoms with Crippen molar-refractivity contribution >= 4 is 11.3 Å². The van der Waals surface area contributed by atoms with Crippen molar-refractivity contribution in [1.29, 1.82) is 0 Å². The first-order valence-corrected chi connectivity index (χ1v) is 3.89. The molecule has 0 unspecified atom stereocenters. The number of rotatable bonds is 2. The average molecular weight is 165 g/mol. The van der Waals surface area contributed by atoms with Crippen LogP contribution in [0.15, 0.2) is 24.7 Å². The predicted molar refractivity (Wildman–Crippen MR) is 46.9 cm³/mol. The van der Waals surface area contributed by atoms with Gasteiger partial charge in [0.1, 0.15) is 6.61 Å². The summed E-state index contributed by atoms with van der Waals surface area (Å²) < 4.78 is 3.60. The van der Waals surface area contributed by atoms with Gasteiger partial charge in [0.05, 0.1) is 11.9 Å². The van der Waals surface area contributed by atoms with Crippen LogP contribution in [0.2, 0.25) is 0 Å². The average Bonchev–Trinajstić information content (AvgIpc) is 2.58. The molecule has 12 heavy (non-hydrogen) atoms. The molecule has 0 bridgehead atoms. The smallest absolute Gasteiger partial charge is 0.176 e. The molecule has 2 heterocycles. The largest absolute Gasteiger partial charge is 0.413 e. The first kappa shape index (κ1) is 7.09. The maximum absolute atomic E-state index is 5.73. The lowest BCUT2D eigenvalue weighted by molar-refractivity contribution is 0.132. The van der Waals surface area contributed by atoms with Crippen LogP contribution in [-0.4, -0.2) is 15.7 Å². The molecule has 0 saturated heterocycles. The van der Waals surface area contributed by atoms with Crippen LogP contribution in [0.3, 0.4) is 0 Å². The van der Waals surface area contributed by atoms with Gasteiger partial charge < -0.3 is 15.0 Å². The summed E-state index contributed by atoms with van der Waals surface area (Å²) in [5, 5.41) is 0. The Kier molecular flexibility index (Phi) is 1.46. The number of nitrogens with two attached hydrogens (primary N) is 1. The first-order chi connectivity index (χ1) is 5.83. The zero-order chi connectivity index (χ0) is 8.55. The van der Waals surface area contributed by atoms with Gasteiger partial charge in [-0.1, -0.05) is 0 Å². The summed E-state index contributed by atoms with van der Waals surface area (Å²) in [5.41, 5.74) is 7.35. The Bertz CT molecular complexity index is 388. The Balaban J connectivity index is 2.59. The lowest BCUT2D eigenvalue weighted by Gasteiger charge is -2.03. The molecule has 0 amide bonds. The summed E-state index contributed by atoms with van der Waals surface area (Å²) in [6.07, 6.45) is 5.65. The fourth-order valence-electron chi connectivity index (χ4n) is 1.26. The van der Waals surface area contributed by atoms with Gasteiger partial charge in [-0.3, -0.25) is 0 Å². The summed E-state index contributed by atoms with van der Waals surface area (Å²) in [6, 6.07) is 1.85. The number of hydrogen-bond donors (Lipinski definition) is 1. The van der Waals surface area contributed by atoms with Crippen LogP contribution >= 0.6 is 0 Å². The van der Waals surface area contributed by atoms with Crippen LogP contribution in [-0.2, 0) is 0 Å². The minimum Gasteiger partial charge on any atom is -0.413 e. The second-order valence-corrected chi connectivity index (χ2v) is 2.54. The third kappa shape index (κ3) is 0.845. The maximum atomic E-state index is 5.73. The van der Waals surface area contributed by atoms with Crippen molar-refractivity contribution in [2.75, 3.05) is 12.3 Å². The van der Waals surface area contributed by atoms with E-state index in [-0.39, 0.29) is 0 Å². The Labute approximate surface area is 70.1 Å². The summed E-state index contributed by atoms with van der Waals surface area (Å²) in [5.74, 6) is 0. The highest BCUT2D eigenvalue weighted by Gasteiger charge is 2.04. The molecule has 0 saturated carbocycles. The molecule has 2 N–H and O–H groups in total. The highest BCUT2D eigenvalue weighted by Crippen LogP contribution is 2.14. The summed E-state index contributed by atoms with van der Waals surface area (Å²) >= 11 is 0. The summed E-state index contributed by atoms with van der Waals surface area (Å²) in [6.45, 7) is 2.57. The minimum atomic E-state index is 0.634. The standard InChI is InChI=1S/C8H11N3O/c1-2-12-11-6-5-10-4-3-7(9)8(10)11/h3-6H,2,9H2,1H3. The number of aromatic nitrogens is 2. The number of nitrogens with zero attached hydrogens (tertiary/aromatic N) is 2. The van der Waals surface area contributed by atoms with Crippen molar-refractivity contribution in [3.05, 3.63) is 24.7 Å². The molecule has 4 nitrogen and oxygen atoms in total. The number of nitrogen functional groups attached to an aromatic ring is 1. The zero-order valence-electron chi connectivity index (χ0n) is 6.90. The Morgan fingerprint density at radius 1 is 1.42 bits per heavy atom. The molecule has 0 fully saturated rings. The van der Waals surface area contributed by atoms with E-state index in [2.05, 4.69) is 0 Å². The van der Waals surface area contributed by atoms with E-state index in [1.807, 2.05) is 36.0 Å². The minimum absolute atomic E-state index is 0.634. The van der Waals surface area contributed by atoms with E-state index in [0.717, 1.165) is 11.3 Å². The SMILES string of the molecule is CCOn1ccn2ccc(N)c12. The number of imidazole rings is 1. The molecule has 2 aromatic rings. The van der Waals surface area contributed by atoms with Crippen molar-refractivity contribution in [2.24, 2.45) is 0 Å². The number of fused-ring (bicyclic) bond motifs is 1. The normalized spacial score (nSPS) is 10.8. The van der Waals surface area contributed by atoms with E-state index >= 15 is 0 Å². The summed E-state index contributed by atoms with van der Waals surface area (Å²) in [4.78, 5) is 5.31. The van der Waals surface area contributed by atoms with Crippen LogP contribution in [0.4, 0.5) is 5.69 Å². The number of hydrogen-bond acceptors (Lipinski definition) is 2. The molecular weight excluding hydrogens is 154 g/mol. The number of anilines is 1. The van der Waals surface area contributed by atoms with Crippen LogP contribution in [0.1, 0.15) is 6.92 Å². The molecule has 0 spiro atoms.